The van der Waals surface area contributed by atoms with Gasteiger partial charge in [-0.3, -0.25) is 9.89 Å². The Morgan fingerprint density at radius 1 is 1.39 bits per heavy atom. The molecule has 0 bridgehead atoms. The Balaban J connectivity index is 2.03. The van der Waals surface area contributed by atoms with Gasteiger partial charge in [0.15, 0.2) is 0 Å². The molecule has 0 aliphatic heterocycles. The molecule has 0 aliphatic rings. The maximum absolute atomic E-state index is 11.8. The number of carbonyl (C=O) groups excluding carboxylic acids is 1. The Kier molecular flexibility index (Phi) is 3.57. The molecule has 0 aliphatic carbocycles. The van der Waals surface area contributed by atoms with Crippen LogP contribution in [0.25, 0.3) is 0 Å². The topological polar surface area (TPSA) is 79.9 Å². The molecule has 2 N–H and O–H groups in total. The first-order valence-corrected chi connectivity index (χ1v) is 5.62. The molecule has 0 fully saturated rings. The number of carbonyl (C=O) groups is 1. The Labute approximate surface area is 104 Å². The number of aryl methyl sites for hydroxylation is 1. The van der Waals surface area contributed by atoms with Gasteiger partial charge in [0, 0.05) is 5.69 Å². The second kappa shape index (κ2) is 5.31. The van der Waals surface area contributed by atoms with Gasteiger partial charge in [0.25, 0.3) is 5.91 Å². The van der Waals surface area contributed by atoms with Gasteiger partial charge in [0.05, 0.1) is 6.61 Å². The number of hydrogen-bond acceptors (Lipinski definition) is 4. The second-order valence-corrected chi connectivity index (χ2v) is 3.66. The van der Waals surface area contributed by atoms with E-state index in [1.165, 1.54) is 0 Å². The van der Waals surface area contributed by atoms with Crippen molar-refractivity contribution in [1.82, 2.24) is 15.2 Å². The van der Waals surface area contributed by atoms with Crippen LogP contribution in [0.1, 0.15) is 23.4 Å². The molecule has 2 rings (SSSR count). The minimum Gasteiger partial charge on any atom is -0.494 e. The number of amides is 1. The Hall–Kier alpha value is -2.37. The molecule has 0 radical (unpaired) electrons. The van der Waals surface area contributed by atoms with Gasteiger partial charge in [-0.2, -0.15) is 0 Å². The van der Waals surface area contributed by atoms with Crippen LogP contribution in [0.4, 0.5) is 5.69 Å². The number of nitrogens with one attached hydrogen (secondary N) is 2. The van der Waals surface area contributed by atoms with Crippen molar-refractivity contribution in [2.24, 2.45) is 0 Å². The van der Waals surface area contributed by atoms with Crippen molar-refractivity contribution in [3.05, 3.63) is 35.9 Å². The minimum absolute atomic E-state index is 0.126. The molecule has 1 aromatic heterocycles. The van der Waals surface area contributed by atoms with Gasteiger partial charge >= 0.3 is 0 Å². The standard InChI is InChI=1S/C12H14N4O2/c1-3-18-10-6-4-9(5-7-10)14-12(17)11-13-8(2)15-16-11/h4-7H,3H2,1-2H3,(H,14,17)(H,13,15,16). The molecule has 6 nitrogen and oxygen atoms in total. The zero-order chi connectivity index (χ0) is 13.0. The summed E-state index contributed by atoms with van der Waals surface area (Å²) in [5.74, 6) is 1.15. The molecule has 0 saturated heterocycles. The minimum atomic E-state index is -0.344. The monoisotopic (exact) mass is 246 g/mol. The summed E-state index contributed by atoms with van der Waals surface area (Å²) >= 11 is 0. The SMILES string of the molecule is CCOc1ccc(NC(=O)c2n[nH]c(C)n2)cc1. The summed E-state index contributed by atoms with van der Waals surface area (Å²) in [7, 11) is 0. The van der Waals surface area contributed by atoms with Crippen molar-refractivity contribution in [2.75, 3.05) is 11.9 Å². The molecule has 94 valence electrons. The zero-order valence-electron chi connectivity index (χ0n) is 10.2. The maximum Gasteiger partial charge on any atom is 0.295 e. The Bertz CT molecular complexity index is 533. The van der Waals surface area contributed by atoms with Crippen LogP contribution in [0.5, 0.6) is 5.75 Å². The van der Waals surface area contributed by atoms with Crippen molar-refractivity contribution < 1.29 is 9.53 Å². The van der Waals surface area contributed by atoms with E-state index < -0.39 is 0 Å². The highest BCUT2D eigenvalue weighted by Gasteiger charge is 2.11. The summed E-state index contributed by atoms with van der Waals surface area (Å²) in [6, 6.07) is 7.12. The first kappa shape index (κ1) is 12.1. The third-order valence-electron chi connectivity index (χ3n) is 2.22. The molecule has 0 spiro atoms. The molecule has 1 aromatic carbocycles. The van der Waals surface area contributed by atoms with E-state index in [9.17, 15) is 4.79 Å². The summed E-state index contributed by atoms with van der Waals surface area (Å²) in [5.41, 5.74) is 0.672. The third kappa shape index (κ3) is 2.85. The number of nitrogens with zero attached hydrogens (tertiary/aromatic N) is 2. The number of hydrogen-bond donors (Lipinski definition) is 2. The van der Waals surface area contributed by atoms with Crippen LogP contribution in [-0.2, 0) is 0 Å². The van der Waals surface area contributed by atoms with Crippen LogP contribution in [0.2, 0.25) is 0 Å². The first-order chi connectivity index (χ1) is 8.69. The lowest BCUT2D eigenvalue weighted by molar-refractivity contribution is 0.101. The molecular formula is C12H14N4O2. The van der Waals surface area contributed by atoms with E-state index in [1.807, 2.05) is 6.92 Å². The van der Waals surface area contributed by atoms with Crippen LogP contribution in [0.3, 0.4) is 0 Å². The van der Waals surface area contributed by atoms with Crippen molar-refractivity contribution in [3.8, 4) is 5.75 Å². The van der Waals surface area contributed by atoms with Gasteiger partial charge < -0.3 is 10.1 Å². The summed E-state index contributed by atoms with van der Waals surface area (Å²) in [5, 5.41) is 9.11. The predicted octanol–water partition coefficient (Wildman–Crippen LogP) is 1.76. The van der Waals surface area contributed by atoms with Crippen molar-refractivity contribution >= 4 is 11.6 Å². The molecule has 6 heteroatoms. The maximum atomic E-state index is 11.8. The number of benzene rings is 1. The van der Waals surface area contributed by atoms with Crippen molar-refractivity contribution in [2.45, 2.75) is 13.8 Å². The van der Waals surface area contributed by atoms with E-state index in [1.54, 1.807) is 31.2 Å². The summed E-state index contributed by atoms with van der Waals surface area (Å²) in [6.45, 7) is 4.27. The Morgan fingerprint density at radius 3 is 2.67 bits per heavy atom. The number of ether oxygens (including phenoxy) is 1. The third-order valence-corrected chi connectivity index (χ3v) is 2.22. The smallest absolute Gasteiger partial charge is 0.295 e. The highest BCUT2D eigenvalue weighted by atomic mass is 16.5. The summed E-state index contributed by atoms with van der Waals surface area (Å²) in [4.78, 5) is 15.7. The Morgan fingerprint density at radius 2 is 2.11 bits per heavy atom. The molecule has 0 unspecified atom stereocenters. The van der Waals surface area contributed by atoms with Gasteiger partial charge in [-0.05, 0) is 38.1 Å². The van der Waals surface area contributed by atoms with Crippen LogP contribution in [0.15, 0.2) is 24.3 Å². The van der Waals surface area contributed by atoms with E-state index >= 15 is 0 Å². The average Bonchev–Trinajstić information content (AvgIpc) is 2.79. The van der Waals surface area contributed by atoms with Crippen molar-refractivity contribution in [3.63, 3.8) is 0 Å². The quantitative estimate of drug-likeness (QED) is 0.861. The van der Waals surface area contributed by atoms with Gasteiger partial charge in [-0.15, -0.1) is 5.10 Å². The van der Waals surface area contributed by atoms with Gasteiger partial charge in [-0.25, -0.2) is 4.98 Å². The predicted molar refractivity (Wildman–Crippen MR) is 66.7 cm³/mol. The van der Waals surface area contributed by atoms with Gasteiger partial charge in [0.2, 0.25) is 5.82 Å². The number of aromatic nitrogens is 3. The number of H-pyrrole nitrogens is 1. The van der Waals surface area contributed by atoms with Crippen LogP contribution >= 0.6 is 0 Å². The van der Waals surface area contributed by atoms with Crippen LogP contribution in [0, 0.1) is 6.92 Å². The molecular weight excluding hydrogens is 232 g/mol. The fourth-order valence-electron chi connectivity index (χ4n) is 1.43. The fourth-order valence-corrected chi connectivity index (χ4v) is 1.43. The summed E-state index contributed by atoms with van der Waals surface area (Å²) in [6.07, 6.45) is 0. The number of rotatable bonds is 4. The van der Waals surface area contributed by atoms with E-state index in [-0.39, 0.29) is 11.7 Å². The molecule has 0 saturated carbocycles. The highest BCUT2D eigenvalue weighted by molar-refractivity contribution is 6.01. The molecule has 1 heterocycles. The van der Waals surface area contributed by atoms with Crippen molar-refractivity contribution in [1.29, 1.82) is 0 Å². The van der Waals surface area contributed by atoms with E-state index in [0.29, 0.717) is 18.1 Å². The lowest BCUT2D eigenvalue weighted by Crippen LogP contribution is -2.13. The highest BCUT2D eigenvalue weighted by Crippen LogP contribution is 2.15. The molecule has 1 amide bonds. The van der Waals surface area contributed by atoms with Gasteiger partial charge in [-0.1, -0.05) is 0 Å². The molecule has 0 atom stereocenters. The van der Waals surface area contributed by atoms with E-state index in [2.05, 4.69) is 20.5 Å². The number of aromatic amines is 1. The van der Waals surface area contributed by atoms with Crippen LogP contribution in [-0.4, -0.2) is 27.7 Å². The zero-order valence-corrected chi connectivity index (χ0v) is 10.2. The normalized spacial score (nSPS) is 10.1. The molecule has 18 heavy (non-hydrogen) atoms. The largest absolute Gasteiger partial charge is 0.494 e. The van der Waals surface area contributed by atoms with Gasteiger partial charge in [0.1, 0.15) is 11.6 Å². The molecule has 2 aromatic rings. The van der Waals surface area contributed by atoms with E-state index in [4.69, 9.17) is 4.74 Å². The lowest BCUT2D eigenvalue weighted by atomic mass is 10.3. The lowest BCUT2D eigenvalue weighted by Gasteiger charge is -2.05. The number of anilines is 1. The first-order valence-electron chi connectivity index (χ1n) is 5.62. The fraction of sp³-hybridized carbons (Fsp3) is 0.250. The average molecular weight is 246 g/mol. The van der Waals surface area contributed by atoms with E-state index in [0.717, 1.165) is 5.75 Å². The van der Waals surface area contributed by atoms with Crippen LogP contribution < -0.4 is 10.1 Å². The summed E-state index contributed by atoms with van der Waals surface area (Å²) < 4.78 is 5.31. The second-order valence-electron chi connectivity index (χ2n) is 3.66.